The lowest BCUT2D eigenvalue weighted by Crippen LogP contribution is -2.28. The highest BCUT2D eigenvalue weighted by molar-refractivity contribution is 5.26. The molecular formula is C19H30O6. The average Bonchev–Trinajstić information content (AvgIpc) is 2.66. The van der Waals surface area contributed by atoms with Crippen molar-refractivity contribution in [1.82, 2.24) is 0 Å². The molecule has 6 nitrogen and oxygen atoms in total. The first kappa shape index (κ1) is 20.1. The van der Waals surface area contributed by atoms with Gasteiger partial charge in [-0.15, -0.1) is 0 Å². The first-order valence-electron chi connectivity index (χ1n) is 8.86. The van der Waals surface area contributed by atoms with Gasteiger partial charge in [0.1, 0.15) is 11.9 Å². The summed E-state index contributed by atoms with van der Waals surface area (Å²) in [6.07, 6.45) is 3.06. The van der Waals surface area contributed by atoms with E-state index in [2.05, 4.69) is 0 Å². The number of methoxy groups -OCH3 is 2. The van der Waals surface area contributed by atoms with Crippen LogP contribution in [-0.2, 0) is 30.3 Å². The van der Waals surface area contributed by atoms with Gasteiger partial charge in [0.05, 0.1) is 40.1 Å². The minimum atomic E-state index is -0.112. The Kier molecular flexibility index (Phi) is 9.84. The number of benzene rings is 1. The summed E-state index contributed by atoms with van der Waals surface area (Å²) in [5.74, 6) is 0.839. The smallest absolute Gasteiger partial charge is 0.157 e. The molecule has 6 heteroatoms. The lowest BCUT2D eigenvalue weighted by Gasteiger charge is -2.23. The van der Waals surface area contributed by atoms with Crippen LogP contribution in [0.25, 0.3) is 0 Å². The highest BCUT2D eigenvalue weighted by Crippen LogP contribution is 2.14. The zero-order valence-electron chi connectivity index (χ0n) is 15.3. The van der Waals surface area contributed by atoms with E-state index in [0.29, 0.717) is 33.0 Å². The first-order valence-corrected chi connectivity index (χ1v) is 8.86. The van der Waals surface area contributed by atoms with Crippen LogP contribution >= 0.6 is 0 Å². The van der Waals surface area contributed by atoms with Crippen LogP contribution < -0.4 is 4.74 Å². The summed E-state index contributed by atoms with van der Waals surface area (Å²) < 4.78 is 33.1. The molecule has 0 spiro atoms. The molecule has 1 fully saturated rings. The highest BCUT2D eigenvalue weighted by Gasteiger charge is 2.14. The molecule has 25 heavy (non-hydrogen) atoms. The topological polar surface area (TPSA) is 55.4 Å². The summed E-state index contributed by atoms with van der Waals surface area (Å²) in [6.45, 7) is 3.29. The van der Waals surface area contributed by atoms with Gasteiger partial charge in [0.15, 0.2) is 6.29 Å². The van der Waals surface area contributed by atoms with Crippen molar-refractivity contribution in [2.24, 2.45) is 0 Å². The largest absolute Gasteiger partial charge is 0.497 e. The Hall–Kier alpha value is -1.18. The lowest BCUT2D eigenvalue weighted by atomic mass is 10.2. The van der Waals surface area contributed by atoms with E-state index in [9.17, 15) is 0 Å². The summed E-state index contributed by atoms with van der Waals surface area (Å²) in [7, 11) is 3.31. The van der Waals surface area contributed by atoms with Crippen LogP contribution in [-0.4, -0.2) is 59.6 Å². The number of hydrogen-bond acceptors (Lipinski definition) is 6. The Morgan fingerprint density at radius 2 is 1.92 bits per heavy atom. The van der Waals surface area contributed by atoms with Crippen LogP contribution in [0.15, 0.2) is 24.3 Å². The molecule has 1 aromatic carbocycles. The second-order valence-electron chi connectivity index (χ2n) is 5.98. The van der Waals surface area contributed by atoms with Gasteiger partial charge in [0, 0.05) is 13.7 Å². The standard InChI is InChI=1S/C19H30O6/c1-20-14-18(23-11-12-25-19-5-3-4-10-24-19)15-22-13-16-6-8-17(21-2)9-7-16/h6-9,18-19H,3-5,10-15H2,1-2H3/t18-,19?/m0/s1. The monoisotopic (exact) mass is 354 g/mol. The lowest BCUT2D eigenvalue weighted by molar-refractivity contribution is -0.174. The molecule has 0 bridgehead atoms. The predicted octanol–water partition coefficient (Wildman–Crippen LogP) is 2.79. The van der Waals surface area contributed by atoms with Gasteiger partial charge in [-0.05, 0) is 37.0 Å². The third-order valence-electron chi connectivity index (χ3n) is 3.96. The Morgan fingerprint density at radius 3 is 2.60 bits per heavy atom. The fraction of sp³-hybridized carbons (Fsp3) is 0.684. The second kappa shape index (κ2) is 12.2. The molecule has 1 heterocycles. The van der Waals surface area contributed by atoms with Crippen molar-refractivity contribution in [3.05, 3.63) is 29.8 Å². The van der Waals surface area contributed by atoms with Gasteiger partial charge in [-0.25, -0.2) is 0 Å². The molecule has 0 radical (unpaired) electrons. The molecule has 1 aromatic rings. The maximum atomic E-state index is 5.80. The van der Waals surface area contributed by atoms with Crippen molar-refractivity contribution in [1.29, 1.82) is 0 Å². The minimum Gasteiger partial charge on any atom is -0.497 e. The summed E-state index contributed by atoms with van der Waals surface area (Å²) in [5.41, 5.74) is 1.09. The zero-order valence-corrected chi connectivity index (χ0v) is 15.3. The Balaban J connectivity index is 1.60. The SMILES string of the molecule is COC[C@@H](COCc1ccc(OC)cc1)OCCOC1CCCCO1. The van der Waals surface area contributed by atoms with Gasteiger partial charge in [0.2, 0.25) is 0 Å². The fourth-order valence-electron chi connectivity index (χ4n) is 2.60. The van der Waals surface area contributed by atoms with E-state index in [1.165, 1.54) is 0 Å². The number of ether oxygens (including phenoxy) is 6. The molecule has 2 atom stereocenters. The summed E-state index contributed by atoms with van der Waals surface area (Å²) in [4.78, 5) is 0. The molecule has 1 aliphatic rings. The Bertz CT molecular complexity index is 444. The van der Waals surface area contributed by atoms with Gasteiger partial charge >= 0.3 is 0 Å². The molecule has 0 saturated carbocycles. The summed E-state index contributed by atoms with van der Waals surface area (Å²) in [6, 6.07) is 7.82. The third-order valence-corrected chi connectivity index (χ3v) is 3.96. The van der Waals surface area contributed by atoms with E-state index in [1.54, 1.807) is 14.2 Å². The van der Waals surface area contributed by atoms with Crippen LogP contribution in [0.3, 0.4) is 0 Å². The van der Waals surface area contributed by atoms with Gasteiger partial charge in [-0.1, -0.05) is 12.1 Å². The van der Waals surface area contributed by atoms with E-state index >= 15 is 0 Å². The van der Waals surface area contributed by atoms with Gasteiger partial charge in [-0.2, -0.15) is 0 Å². The normalized spacial score (nSPS) is 18.9. The first-order chi connectivity index (χ1) is 12.3. The van der Waals surface area contributed by atoms with Crippen LogP contribution in [0.4, 0.5) is 0 Å². The molecule has 142 valence electrons. The highest BCUT2D eigenvalue weighted by atomic mass is 16.7. The van der Waals surface area contributed by atoms with Crippen LogP contribution in [0.5, 0.6) is 5.75 Å². The molecule has 2 rings (SSSR count). The molecule has 0 N–H and O–H groups in total. The van der Waals surface area contributed by atoms with Crippen molar-refractivity contribution < 1.29 is 28.4 Å². The fourth-order valence-corrected chi connectivity index (χ4v) is 2.60. The van der Waals surface area contributed by atoms with Crippen LogP contribution in [0.1, 0.15) is 24.8 Å². The maximum Gasteiger partial charge on any atom is 0.157 e. The maximum absolute atomic E-state index is 5.80. The number of rotatable bonds is 12. The molecule has 0 aromatic heterocycles. The van der Waals surface area contributed by atoms with Crippen LogP contribution in [0, 0.1) is 0 Å². The van der Waals surface area contributed by atoms with Crippen molar-refractivity contribution in [3.8, 4) is 5.75 Å². The Labute approximate surface area is 150 Å². The molecule has 0 amide bonds. The van der Waals surface area contributed by atoms with E-state index in [-0.39, 0.29) is 12.4 Å². The molecule has 1 unspecified atom stereocenters. The van der Waals surface area contributed by atoms with Crippen molar-refractivity contribution in [2.75, 3.05) is 47.3 Å². The van der Waals surface area contributed by atoms with E-state index in [4.69, 9.17) is 28.4 Å². The Morgan fingerprint density at radius 1 is 1.08 bits per heavy atom. The van der Waals surface area contributed by atoms with E-state index in [1.807, 2.05) is 24.3 Å². The number of hydrogen-bond donors (Lipinski definition) is 0. The average molecular weight is 354 g/mol. The zero-order chi connectivity index (χ0) is 17.7. The van der Waals surface area contributed by atoms with E-state index < -0.39 is 0 Å². The summed E-state index contributed by atoms with van der Waals surface area (Å²) in [5, 5.41) is 0. The second-order valence-corrected chi connectivity index (χ2v) is 5.98. The third kappa shape index (κ3) is 8.16. The molecule has 1 aliphatic heterocycles. The summed E-state index contributed by atoms with van der Waals surface area (Å²) >= 11 is 0. The van der Waals surface area contributed by atoms with Gasteiger partial charge < -0.3 is 28.4 Å². The minimum absolute atomic E-state index is 0.0791. The van der Waals surface area contributed by atoms with Crippen molar-refractivity contribution >= 4 is 0 Å². The molecule has 1 saturated heterocycles. The molecule has 0 aliphatic carbocycles. The molecular weight excluding hydrogens is 324 g/mol. The van der Waals surface area contributed by atoms with Crippen LogP contribution in [0.2, 0.25) is 0 Å². The predicted molar refractivity (Wildman–Crippen MR) is 93.8 cm³/mol. The van der Waals surface area contributed by atoms with E-state index in [0.717, 1.165) is 37.2 Å². The van der Waals surface area contributed by atoms with Crippen molar-refractivity contribution in [3.63, 3.8) is 0 Å². The van der Waals surface area contributed by atoms with Crippen molar-refractivity contribution in [2.45, 2.75) is 38.3 Å². The quantitative estimate of drug-likeness (QED) is 0.538. The van der Waals surface area contributed by atoms with Gasteiger partial charge in [0.25, 0.3) is 0 Å². The van der Waals surface area contributed by atoms with Gasteiger partial charge in [-0.3, -0.25) is 0 Å².